The van der Waals surface area contributed by atoms with E-state index in [9.17, 15) is 0 Å². The van der Waals surface area contributed by atoms with Crippen LogP contribution < -0.4 is 0 Å². The van der Waals surface area contributed by atoms with Crippen LogP contribution in [-0.4, -0.2) is 25.5 Å². The fraction of sp³-hybridized carbons (Fsp3) is 0.500. The van der Waals surface area contributed by atoms with Crippen LogP contribution in [0.2, 0.25) is 0 Å². The van der Waals surface area contributed by atoms with Gasteiger partial charge in [-0.25, -0.2) is 0 Å². The minimum absolute atomic E-state index is 0.949. The van der Waals surface area contributed by atoms with E-state index in [0.717, 1.165) is 6.54 Å². The molecular formula is C8H13N. The van der Waals surface area contributed by atoms with Gasteiger partial charge in [-0.15, -0.1) is 6.42 Å². The smallest absolute Gasteiger partial charge is 0.0193 e. The van der Waals surface area contributed by atoms with Crippen molar-refractivity contribution in [2.75, 3.05) is 20.6 Å². The Morgan fingerprint density at radius 1 is 1.67 bits per heavy atom. The van der Waals surface area contributed by atoms with E-state index in [1.54, 1.807) is 6.08 Å². The van der Waals surface area contributed by atoms with Crippen molar-refractivity contribution in [3.05, 3.63) is 11.6 Å². The topological polar surface area (TPSA) is 3.24 Å². The minimum atomic E-state index is 0.949. The van der Waals surface area contributed by atoms with Crippen molar-refractivity contribution in [3.8, 4) is 12.3 Å². The van der Waals surface area contributed by atoms with E-state index in [4.69, 9.17) is 6.42 Å². The van der Waals surface area contributed by atoms with Gasteiger partial charge in [0, 0.05) is 6.54 Å². The molecule has 0 aromatic carbocycles. The molecule has 9 heavy (non-hydrogen) atoms. The molecule has 0 saturated carbocycles. The Kier molecular flexibility index (Phi) is 3.83. The predicted molar refractivity (Wildman–Crippen MR) is 41.1 cm³/mol. The van der Waals surface area contributed by atoms with Gasteiger partial charge >= 0.3 is 0 Å². The fourth-order valence-electron chi connectivity index (χ4n) is 0.687. The summed E-state index contributed by atoms with van der Waals surface area (Å²) in [5.41, 5.74) is 1.22. The van der Waals surface area contributed by atoms with E-state index < -0.39 is 0 Å². The van der Waals surface area contributed by atoms with Crippen LogP contribution in [0.1, 0.15) is 6.92 Å². The van der Waals surface area contributed by atoms with E-state index in [2.05, 4.69) is 10.8 Å². The summed E-state index contributed by atoms with van der Waals surface area (Å²) >= 11 is 0. The summed E-state index contributed by atoms with van der Waals surface area (Å²) < 4.78 is 0. The van der Waals surface area contributed by atoms with Crippen molar-refractivity contribution in [3.63, 3.8) is 0 Å². The van der Waals surface area contributed by atoms with Gasteiger partial charge in [0.15, 0.2) is 0 Å². The molecule has 0 N–H and O–H groups in total. The Bertz CT molecular complexity index is 137. The number of terminal acetylenes is 1. The lowest BCUT2D eigenvalue weighted by atomic mass is 10.3. The first-order valence-corrected chi connectivity index (χ1v) is 2.93. The van der Waals surface area contributed by atoms with E-state index >= 15 is 0 Å². The Hall–Kier alpha value is -0.740. The van der Waals surface area contributed by atoms with Crippen LogP contribution in [0.25, 0.3) is 0 Å². The van der Waals surface area contributed by atoms with Crippen LogP contribution >= 0.6 is 0 Å². The molecule has 0 aliphatic heterocycles. The van der Waals surface area contributed by atoms with Crippen molar-refractivity contribution in [1.82, 2.24) is 4.90 Å². The normalized spacial score (nSPS) is 11.7. The first-order chi connectivity index (χ1) is 4.16. The van der Waals surface area contributed by atoms with Crippen molar-refractivity contribution < 1.29 is 0 Å². The highest BCUT2D eigenvalue weighted by Crippen LogP contribution is 1.91. The molecule has 0 rings (SSSR count). The van der Waals surface area contributed by atoms with Gasteiger partial charge in [0.2, 0.25) is 0 Å². The van der Waals surface area contributed by atoms with E-state index in [1.165, 1.54) is 5.57 Å². The molecule has 1 nitrogen and oxygen atoms in total. The third kappa shape index (κ3) is 5.13. The number of nitrogens with zero attached hydrogens (tertiary/aromatic N) is 1. The molecule has 0 aliphatic carbocycles. The average Bonchev–Trinajstić information content (AvgIpc) is 1.63. The van der Waals surface area contributed by atoms with E-state index in [0.29, 0.717) is 0 Å². The van der Waals surface area contributed by atoms with Crippen LogP contribution in [-0.2, 0) is 0 Å². The average molecular weight is 123 g/mol. The number of allylic oxidation sites excluding steroid dienone is 1. The molecule has 0 aromatic heterocycles. The van der Waals surface area contributed by atoms with Crippen LogP contribution in [0.3, 0.4) is 0 Å². The molecule has 0 aliphatic rings. The maximum absolute atomic E-state index is 5.06. The lowest BCUT2D eigenvalue weighted by molar-refractivity contribution is 0.445. The van der Waals surface area contributed by atoms with Gasteiger partial charge in [-0.1, -0.05) is 11.5 Å². The molecule has 50 valence electrons. The zero-order valence-corrected chi connectivity index (χ0v) is 6.31. The second-order valence-corrected chi connectivity index (χ2v) is 2.40. The highest BCUT2D eigenvalue weighted by molar-refractivity contribution is 5.16. The van der Waals surface area contributed by atoms with E-state index in [-0.39, 0.29) is 0 Å². The van der Waals surface area contributed by atoms with E-state index in [1.807, 2.05) is 21.0 Å². The first-order valence-electron chi connectivity index (χ1n) is 2.93. The Morgan fingerprint density at radius 3 is 2.56 bits per heavy atom. The third-order valence-corrected chi connectivity index (χ3v) is 0.895. The molecule has 0 unspecified atom stereocenters. The van der Waals surface area contributed by atoms with Crippen LogP contribution in [0.15, 0.2) is 11.6 Å². The molecule has 1 heteroatoms. The maximum Gasteiger partial charge on any atom is 0.0193 e. The monoisotopic (exact) mass is 123 g/mol. The summed E-state index contributed by atoms with van der Waals surface area (Å²) in [5, 5.41) is 0. The predicted octanol–water partition coefficient (Wildman–Crippen LogP) is 1.13. The molecule has 0 saturated heterocycles. The summed E-state index contributed by atoms with van der Waals surface area (Å²) in [7, 11) is 4.04. The van der Waals surface area contributed by atoms with Gasteiger partial charge in [0.1, 0.15) is 0 Å². The largest absolute Gasteiger partial charge is 0.305 e. The second-order valence-electron chi connectivity index (χ2n) is 2.40. The van der Waals surface area contributed by atoms with Crippen molar-refractivity contribution in [2.45, 2.75) is 6.92 Å². The summed E-state index contributed by atoms with van der Waals surface area (Å²) in [6.45, 7) is 2.98. The van der Waals surface area contributed by atoms with Gasteiger partial charge < -0.3 is 4.90 Å². The summed E-state index contributed by atoms with van der Waals surface area (Å²) in [6.07, 6.45) is 6.85. The van der Waals surface area contributed by atoms with Crippen LogP contribution in [0.4, 0.5) is 0 Å². The third-order valence-electron chi connectivity index (χ3n) is 0.895. The number of rotatable bonds is 2. The molecule has 0 spiro atoms. The SMILES string of the molecule is C#C/C=C(\C)CN(C)C. The fourth-order valence-corrected chi connectivity index (χ4v) is 0.687. The van der Waals surface area contributed by atoms with Crippen molar-refractivity contribution >= 4 is 0 Å². The highest BCUT2D eigenvalue weighted by atomic mass is 15.0. The Balaban J connectivity index is 3.66. The zero-order chi connectivity index (χ0) is 7.28. The van der Waals surface area contributed by atoms with Gasteiger partial charge in [-0.05, 0) is 27.1 Å². The zero-order valence-electron chi connectivity index (χ0n) is 6.31. The van der Waals surface area contributed by atoms with Crippen molar-refractivity contribution in [2.24, 2.45) is 0 Å². The van der Waals surface area contributed by atoms with Gasteiger partial charge in [-0.2, -0.15) is 0 Å². The van der Waals surface area contributed by atoms with Crippen LogP contribution in [0.5, 0.6) is 0 Å². The number of hydrogen-bond donors (Lipinski definition) is 0. The molecule has 0 heterocycles. The molecular weight excluding hydrogens is 110 g/mol. The Morgan fingerprint density at radius 2 is 2.22 bits per heavy atom. The molecule has 0 atom stereocenters. The Labute approximate surface area is 57.4 Å². The molecule has 0 fully saturated rings. The number of likely N-dealkylation sites (N-methyl/N-ethyl adjacent to an activating group) is 1. The molecule has 0 amide bonds. The van der Waals surface area contributed by atoms with Gasteiger partial charge in [0.25, 0.3) is 0 Å². The quantitative estimate of drug-likeness (QED) is 0.497. The lowest BCUT2D eigenvalue weighted by Crippen LogP contribution is -2.13. The summed E-state index contributed by atoms with van der Waals surface area (Å²) in [4.78, 5) is 2.09. The van der Waals surface area contributed by atoms with Crippen molar-refractivity contribution in [1.29, 1.82) is 0 Å². The van der Waals surface area contributed by atoms with Gasteiger partial charge in [0.05, 0.1) is 0 Å². The highest BCUT2D eigenvalue weighted by Gasteiger charge is 1.88. The second kappa shape index (κ2) is 4.17. The minimum Gasteiger partial charge on any atom is -0.305 e. The maximum atomic E-state index is 5.06. The molecule has 0 radical (unpaired) electrons. The lowest BCUT2D eigenvalue weighted by Gasteiger charge is -2.07. The first kappa shape index (κ1) is 8.26. The number of hydrogen-bond acceptors (Lipinski definition) is 1. The van der Waals surface area contributed by atoms with Gasteiger partial charge in [-0.3, -0.25) is 0 Å². The standard InChI is InChI=1S/C8H13N/c1-5-6-8(2)7-9(3)4/h1,6H,7H2,2-4H3/b8-6+. The molecule has 0 aromatic rings. The summed E-state index contributed by atoms with van der Waals surface area (Å²) in [6, 6.07) is 0. The molecule has 0 bridgehead atoms. The van der Waals surface area contributed by atoms with Crippen LogP contribution in [0, 0.1) is 12.3 Å². The summed E-state index contributed by atoms with van der Waals surface area (Å²) in [5.74, 6) is 2.48.